The summed E-state index contributed by atoms with van der Waals surface area (Å²) in [5.41, 5.74) is 4.15. The second-order valence-corrected chi connectivity index (χ2v) is 9.69. The topological polar surface area (TPSA) is 95.9 Å². The van der Waals surface area contributed by atoms with Crippen molar-refractivity contribution in [3.63, 3.8) is 0 Å². The molecule has 1 aliphatic rings. The fourth-order valence-electron chi connectivity index (χ4n) is 4.37. The number of nitrogens with one attached hydrogen (secondary N) is 1. The van der Waals surface area contributed by atoms with E-state index in [0.29, 0.717) is 6.42 Å². The molecule has 2 aromatic carbocycles. The van der Waals surface area contributed by atoms with Gasteiger partial charge in [0.15, 0.2) is 0 Å². The normalized spacial score (nSPS) is 13.4. The Balaban J connectivity index is 1.73. The maximum Gasteiger partial charge on any atom is 0.407 e. The fraction of sp³-hybridized carbons (Fsp3) is 0.370. The van der Waals surface area contributed by atoms with E-state index < -0.39 is 30.6 Å². The predicted molar refractivity (Wildman–Crippen MR) is 130 cm³/mol. The molecule has 0 saturated carbocycles. The first-order valence-corrected chi connectivity index (χ1v) is 11.3. The van der Waals surface area contributed by atoms with Gasteiger partial charge in [0.2, 0.25) is 5.91 Å². The van der Waals surface area contributed by atoms with E-state index in [2.05, 4.69) is 24.0 Å². The summed E-state index contributed by atoms with van der Waals surface area (Å²) in [6, 6.07) is 15.2. The second kappa shape index (κ2) is 10.5. The number of carbonyl (C=O) groups excluding carboxylic acids is 2. The largest absolute Gasteiger partial charge is 0.480 e. The lowest BCUT2D eigenvalue weighted by Crippen LogP contribution is -2.51. The Bertz CT molecular complexity index is 1030. The Kier molecular flexibility index (Phi) is 7.76. The quantitative estimate of drug-likeness (QED) is 0.535. The number of hydrogen-bond donors (Lipinski definition) is 2. The molecule has 0 spiro atoms. The van der Waals surface area contributed by atoms with Crippen LogP contribution in [0.1, 0.15) is 44.2 Å². The molecule has 0 radical (unpaired) electrons. The summed E-state index contributed by atoms with van der Waals surface area (Å²) in [4.78, 5) is 38.3. The number of nitrogens with zero attached hydrogens (tertiary/aromatic N) is 1. The van der Waals surface area contributed by atoms with E-state index in [1.807, 2.05) is 57.2 Å². The summed E-state index contributed by atoms with van der Waals surface area (Å²) >= 11 is 0. The number of alkyl carbamates (subject to hydrolysis) is 1. The van der Waals surface area contributed by atoms with Crippen molar-refractivity contribution >= 4 is 18.0 Å². The smallest absolute Gasteiger partial charge is 0.407 e. The number of hydrogen-bond acceptors (Lipinski definition) is 4. The molecule has 1 aliphatic carbocycles. The van der Waals surface area contributed by atoms with Gasteiger partial charge in [0.1, 0.15) is 19.2 Å². The zero-order valence-electron chi connectivity index (χ0n) is 19.9. The lowest BCUT2D eigenvalue weighted by molar-refractivity contribution is -0.145. The van der Waals surface area contributed by atoms with E-state index in [1.54, 1.807) is 0 Å². The molecule has 2 N–H and O–H groups in total. The van der Waals surface area contributed by atoms with Crippen LogP contribution in [0.3, 0.4) is 0 Å². The molecule has 0 heterocycles. The van der Waals surface area contributed by atoms with Gasteiger partial charge in [-0.05, 0) is 34.1 Å². The number of benzene rings is 2. The van der Waals surface area contributed by atoms with Crippen molar-refractivity contribution in [1.29, 1.82) is 0 Å². The number of carbonyl (C=O) groups is 3. The fourth-order valence-corrected chi connectivity index (χ4v) is 4.37. The van der Waals surface area contributed by atoms with Crippen LogP contribution in [0.5, 0.6) is 0 Å². The van der Waals surface area contributed by atoms with Gasteiger partial charge in [-0.2, -0.15) is 0 Å². The van der Waals surface area contributed by atoms with Gasteiger partial charge in [0.05, 0.1) is 0 Å². The number of rotatable bonds is 9. The zero-order chi connectivity index (χ0) is 24.9. The van der Waals surface area contributed by atoms with Crippen LogP contribution in [0.2, 0.25) is 0 Å². The number of carboxylic acids is 1. The Morgan fingerprint density at radius 1 is 1.09 bits per heavy atom. The maximum atomic E-state index is 13.1. The Labute approximate surface area is 200 Å². The molecule has 1 unspecified atom stereocenters. The van der Waals surface area contributed by atoms with E-state index in [-0.39, 0.29) is 24.5 Å². The summed E-state index contributed by atoms with van der Waals surface area (Å²) in [6.45, 7) is 9.16. The molecule has 1 atom stereocenters. The van der Waals surface area contributed by atoms with Gasteiger partial charge in [0, 0.05) is 12.5 Å². The van der Waals surface area contributed by atoms with Gasteiger partial charge in [-0.3, -0.25) is 9.59 Å². The molecular formula is C27H32N2O5. The third-order valence-corrected chi connectivity index (χ3v) is 5.74. The minimum atomic E-state index is -1.13. The molecule has 2 amide bonds. The molecule has 0 fully saturated rings. The van der Waals surface area contributed by atoms with Crippen LogP contribution in [0, 0.1) is 5.41 Å². The van der Waals surface area contributed by atoms with Crippen LogP contribution < -0.4 is 5.32 Å². The van der Waals surface area contributed by atoms with Gasteiger partial charge < -0.3 is 20.1 Å². The van der Waals surface area contributed by atoms with Crippen molar-refractivity contribution in [3.8, 4) is 11.1 Å². The molecule has 0 saturated heterocycles. The first-order valence-electron chi connectivity index (χ1n) is 11.3. The van der Waals surface area contributed by atoms with Crippen LogP contribution in [0.25, 0.3) is 11.1 Å². The molecule has 7 heteroatoms. The van der Waals surface area contributed by atoms with E-state index in [1.165, 1.54) is 6.08 Å². The number of ether oxygens (including phenoxy) is 1. The van der Waals surface area contributed by atoms with E-state index in [0.717, 1.165) is 27.2 Å². The summed E-state index contributed by atoms with van der Waals surface area (Å²) in [5, 5.41) is 11.9. The number of carboxylic acid groups (broad SMARTS) is 1. The van der Waals surface area contributed by atoms with Crippen LogP contribution in [-0.2, 0) is 14.3 Å². The van der Waals surface area contributed by atoms with Gasteiger partial charge in [-0.25, -0.2) is 4.79 Å². The average Bonchev–Trinajstić information content (AvgIpc) is 3.09. The zero-order valence-corrected chi connectivity index (χ0v) is 19.9. The Hall–Kier alpha value is -3.61. The minimum absolute atomic E-state index is 0.0676. The second-order valence-electron chi connectivity index (χ2n) is 9.69. The molecule has 3 rings (SSSR count). The summed E-state index contributed by atoms with van der Waals surface area (Å²) in [7, 11) is 0. The standard InChI is InChI=1S/C27H32N2O5/c1-5-14-29(16-24(30)31)25(32)23(15-27(2,3)4)28-26(33)34-17-22-20-12-8-6-10-18(20)19-11-7-9-13-21(19)22/h5-13,22-23H,1,14-17H2,2-4H3,(H,28,33)(H,30,31). The SMILES string of the molecule is C=CCN(CC(=O)O)C(=O)C(CC(C)(C)C)NC(=O)OCC1c2ccccc2-c2ccccc21. The van der Waals surface area contributed by atoms with E-state index >= 15 is 0 Å². The molecule has 0 aromatic heterocycles. The lowest BCUT2D eigenvalue weighted by atomic mass is 9.87. The number of amides is 2. The number of fused-ring (bicyclic) bond motifs is 3. The first kappa shape index (κ1) is 25.0. The van der Waals surface area contributed by atoms with Crippen molar-refractivity contribution in [3.05, 3.63) is 72.3 Å². The van der Waals surface area contributed by atoms with Crippen molar-refractivity contribution < 1.29 is 24.2 Å². The minimum Gasteiger partial charge on any atom is -0.480 e. The number of aliphatic carboxylic acids is 1. The molecular weight excluding hydrogens is 432 g/mol. The third kappa shape index (κ3) is 6.04. The van der Waals surface area contributed by atoms with Crippen molar-refractivity contribution in [1.82, 2.24) is 10.2 Å². The van der Waals surface area contributed by atoms with Gasteiger partial charge in [-0.15, -0.1) is 6.58 Å². The van der Waals surface area contributed by atoms with Gasteiger partial charge in [-0.1, -0.05) is 75.4 Å². The van der Waals surface area contributed by atoms with Gasteiger partial charge in [0.25, 0.3) is 0 Å². The van der Waals surface area contributed by atoms with E-state index in [9.17, 15) is 19.5 Å². The van der Waals surface area contributed by atoms with Gasteiger partial charge >= 0.3 is 12.1 Å². The lowest BCUT2D eigenvalue weighted by Gasteiger charge is -2.30. The molecule has 7 nitrogen and oxygen atoms in total. The predicted octanol–water partition coefficient (Wildman–Crippen LogP) is 4.43. The highest BCUT2D eigenvalue weighted by Gasteiger charge is 2.32. The molecule has 0 aliphatic heterocycles. The monoisotopic (exact) mass is 464 g/mol. The van der Waals surface area contributed by atoms with Crippen molar-refractivity contribution in [2.45, 2.75) is 39.2 Å². The van der Waals surface area contributed by atoms with Crippen molar-refractivity contribution in [2.24, 2.45) is 5.41 Å². The highest BCUT2D eigenvalue weighted by molar-refractivity contribution is 5.88. The molecule has 34 heavy (non-hydrogen) atoms. The Morgan fingerprint density at radius 3 is 2.15 bits per heavy atom. The van der Waals surface area contributed by atoms with Crippen LogP contribution in [0.4, 0.5) is 4.79 Å². The summed E-state index contributed by atoms with van der Waals surface area (Å²) in [6.07, 6.45) is 1.07. The van der Waals surface area contributed by atoms with Crippen LogP contribution >= 0.6 is 0 Å². The third-order valence-electron chi connectivity index (χ3n) is 5.74. The summed E-state index contributed by atoms with van der Waals surface area (Å²) < 4.78 is 5.60. The summed E-state index contributed by atoms with van der Waals surface area (Å²) in [5.74, 6) is -1.71. The molecule has 180 valence electrons. The first-order chi connectivity index (χ1) is 16.1. The highest BCUT2D eigenvalue weighted by atomic mass is 16.5. The van der Waals surface area contributed by atoms with E-state index in [4.69, 9.17) is 4.74 Å². The van der Waals surface area contributed by atoms with Crippen LogP contribution in [0.15, 0.2) is 61.2 Å². The Morgan fingerprint density at radius 2 is 1.65 bits per heavy atom. The van der Waals surface area contributed by atoms with Crippen LogP contribution in [-0.4, -0.2) is 53.7 Å². The van der Waals surface area contributed by atoms with Crippen molar-refractivity contribution in [2.75, 3.05) is 19.7 Å². The molecule has 2 aromatic rings. The average molecular weight is 465 g/mol. The highest BCUT2D eigenvalue weighted by Crippen LogP contribution is 2.44. The molecule has 0 bridgehead atoms. The maximum absolute atomic E-state index is 13.1.